The van der Waals surface area contributed by atoms with Crippen molar-refractivity contribution in [2.45, 2.75) is 25.5 Å². The van der Waals surface area contributed by atoms with Crippen LogP contribution in [0.2, 0.25) is 0 Å². The minimum atomic E-state index is -0.268. The Balaban J connectivity index is 2.00. The van der Waals surface area contributed by atoms with Gasteiger partial charge in [-0.2, -0.15) is 0 Å². The Morgan fingerprint density at radius 2 is 2.04 bits per heavy atom. The molecular formula is C17H21N3OS3. The van der Waals surface area contributed by atoms with Crippen LogP contribution < -0.4 is 5.32 Å². The number of nitrogens with zero attached hydrogens (tertiary/aromatic N) is 2. The molecule has 0 saturated heterocycles. The second-order valence-electron chi connectivity index (χ2n) is 5.50. The number of aromatic nitrogens is 1. The molecule has 1 aromatic carbocycles. The maximum absolute atomic E-state index is 12.3. The molecule has 0 aliphatic carbocycles. The normalized spacial score (nSPS) is 11.8. The predicted octanol–water partition coefficient (Wildman–Crippen LogP) is 4.28. The number of amides is 1. The topological polar surface area (TPSA) is 45.2 Å². The van der Waals surface area contributed by atoms with Crippen molar-refractivity contribution in [2.75, 3.05) is 19.4 Å². The summed E-state index contributed by atoms with van der Waals surface area (Å²) in [7, 11) is 3.74. The van der Waals surface area contributed by atoms with Gasteiger partial charge in [0.1, 0.15) is 4.32 Å². The van der Waals surface area contributed by atoms with Gasteiger partial charge in [0.15, 0.2) is 5.13 Å². The largest absolute Gasteiger partial charge is 0.364 e. The third kappa shape index (κ3) is 5.03. The number of benzene rings is 1. The third-order valence-corrected chi connectivity index (χ3v) is 5.95. The van der Waals surface area contributed by atoms with Crippen LogP contribution in [0.25, 0.3) is 11.3 Å². The van der Waals surface area contributed by atoms with Gasteiger partial charge < -0.3 is 10.2 Å². The fourth-order valence-corrected chi connectivity index (χ4v) is 3.73. The molecule has 0 saturated carbocycles. The molecule has 0 fully saturated rings. The second-order valence-corrected chi connectivity index (χ2v) is 8.33. The molecular weight excluding hydrogens is 358 g/mol. The molecule has 7 heteroatoms. The highest BCUT2D eigenvalue weighted by Gasteiger charge is 2.18. The molecule has 0 aliphatic rings. The summed E-state index contributed by atoms with van der Waals surface area (Å²) in [5, 5.41) is 5.17. The standard InChI is InChI=1S/C17H21N3OS3/c1-5-12-6-8-13(9-7-12)14-10-23-16(18-14)19-15(21)11(2)24-17(22)20(3)4/h6-11H,5H2,1-4H3,(H,18,19,21)/t11-/m0/s1. The molecule has 1 atom stereocenters. The van der Waals surface area contributed by atoms with E-state index in [1.54, 1.807) is 0 Å². The van der Waals surface area contributed by atoms with E-state index >= 15 is 0 Å². The van der Waals surface area contributed by atoms with E-state index in [0.29, 0.717) is 9.45 Å². The molecule has 0 radical (unpaired) electrons. The number of rotatable bonds is 5. The van der Waals surface area contributed by atoms with E-state index in [4.69, 9.17) is 12.2 Å². The highest BCUT2D eigenvalue weighted by atomic mass is 32.2. The van der Waals surface area contributed by atoms with Crippen LogP contribution in [0.3, 0.4) is 0 Å². The first kappa shape index (κ1) is 18.9. The van der Waals surface area contributed by atoms with Crippen LogP contribution >= 0.6 is 35.3 Å². The van der Waals surface area contributed by atoms with E-state index in [2.05, 4.69) is 41.5 Å². The first-order chi connectivity index (χ1) is 11.4. The zero-order valence-electron chi connectivity index (χ0n) is 14.2. The predicted molar refractivity (Wildman–Crippen MR) is 109 cm³/mol. The van der Waals surface area contributed by atoms with E-state index < -0.39 is 0 Å². The lowest BCUT2D eigenvalue weighted by molar-refractivity contribution is -0.115. The number of anilines is 1. The van der Waals surface area contributed by atoms with Crippen molar-refractivity contribution in [1.82, 2.24) is 9.88 Å². The van der Waals surface area contributed by atoms with Gasteiger partial charge in [-0.05, 0) is 18.9 Å². The summed E-state index contributed by atoms with van der Waals surface area (Å²) in [5.74, 6) is -0.0913. The van der Waals surface area contributed by atoms with Crippen LogP contribution in [-0.2, 0) is 11.2 Å². The van der Waals surface area contributed by atoms with Gasteiger partial charge in [0.25, 0.3) is 0 Å². The third-order valence-electron chi connectivity index (χ3n) is 3.40. The van der Waals surface area contributed by atoms with Crippen LogP contribution in [0, 0.1) is 0 Å². The Labute approximate surface area is 156 Å². The SMILES string of the molecule is CCc1ccc(-c2csc(NC(=O)[C@H](C)SC(=S)N(C)C)n2)cc1. The number of carbonyl (C=O) groups is 1. The Hall–Kier alpha value is -1.44. The zero-order valence-corrected chi connectivity index (χ0v) is 16.6. The number of aryl methyl sites for hydroxylation is 1. The number of thioether (sulfide) groups is 1. The van der Waals surface area contributed by atoms with Gasteiger partial charge in [0.2, 0.25) is 5.91 Å². The molecule has 24 heavy (non-hydrogen) atoms. The number of hydrogen-bond donors (Lipinski definition) is 1. The summed E-state index contributed by atoms with van der Waals surface area (Å²) in [6.45, 7) is 3.97. The smallest absolute Gasteiger partial charge is 0.239 e. The van der Waals surface area contributed by atoms with E-state index in [9.17, 15) is 4.79 Å². The summed E-state index contributed by atoms with van der Waals surface area (Å²) in [5.41, 5.74) is 3.23. The maximum atomic E-state index is 12.3. The molecule has 0 aliphatic heterocycles. The minimum absolute atomic E-state index is 0.0913. The lowest BCUT2D eigenvalue weighted by atomic mass is 10.1. The van der Waals surface area contributed by atoms with Gasteiger partial charge >= 0.3 is 0 Å². The Morgan fingerprint density at radius 3 is 2.62 bits per heavy atom. The average molecular weight is 380 g/mol. The quantitative estimate of drug-likeness (QED) is 0.786. The van der Waals surface area contributed by atoms with Crippen molar-refractivity contribution in [1.29, 1.82) is 0 Å². The van der Waals surface area contributed by atoms with E-state index in [-0.39, 0.29) is 11.2 Å². The van der Waals surface area contributed by atoms with Crippen LogP contribution in [0.5, 0.6) is 0 Å². The van der Waals surface area contributed by atoms with Crippen LogP contribution in [0.1, 0.15) is 19.4 Å². The first-order valence-corrected chi connectivity index (χ1v) is 9.81. The van der Waals surface area contributed by atoms with E-state index in [1.807, 2.05) is 31.3 Å². The lowest BCUT2D eigenvalue weighted by Gasteiger charge is -2.16. The van der Waals surface area contributed by atoms with Crippen molar-refractivity contribution >= 4 is 50.7 Å². The van der Waals surface area contributed by atoms with Crippen LogP contribution in [0.4, 0.5) is 5.13 Å². The first-order valence-electron chi connectivity index (χ1n) is 7.64. The molecule has 1 aromatic heterocycles. The van der Waals surface area contributed by atoms with E-state index in [0.717, 1.165) is 17.7 Å². The molecule has 1 amide bonds. The molecule has 1 N–H and O–H groups in total. The van der Waals surface area contributed by atoms with E-state index in [1.165, 1.54) is 28.7 Å². The molecule has 1 heterocycles. The maximum Gasteiger partial charge on any atom is 0.239 e. The van der Waals surface area contributed by atoms with Crippen LogP contribution in [0.15, 0.2) is 29.6 Å². The summed E-state index contributed by atoms with van der Waals surface area (Å²) in [4.78, 5) is 18.6. The summed E-state index contributed by atoms with van der Waals surface area (Å²) >= 11 is 8.02. The fourth-order valence-electron chi connectivity index (χ4n) is 1.89. The monoisotopic (exact) mass is 379 g/mol. The molecule has 0 unspecified atom stereocenters. The second kappa shape index (κ2) is 8.60. The number of nitrogens with one attached hydrogen (secondary N) is 1. The molecule has 4 nitrogen and oxygen atoms in total. The van der Waals surface area contributed by atoms with Gasteiger partial charge in [-0.3, -0.25) is 4.79 Å². The van der Waals surface area contributed by atoms with Gasteiger partial charge in [-0.15, -0.1) is 11.3 Å². The molecule has 0 spiro atoms. The lowest BCUT2D eigenvalue weighted by Crippen LogP contribution is -2.26. The number of hydrogen-bond acceptors (Lipinski definition) is 5. The fraction of sp³-hybridized carbons (Fsp3) is 0.353. The molecule has 2 rings (SSSR count). The number of thiocarbonyl (C=S) groups is 1. The van der Waals surface area contributed by atoms with Gasteiger partial charge in [0.05, 0.1) is 10.9 Å². The van der Waals surface area contributed by atoms with Crippen molar-refractivity contribution in [3.8, 4) is 11.3 Å². The zero-order chi connectivity index (χ0) is 17.7. The van der Waals surface area contributed by atoms with Gasteiger partial charge in [0, 0.05) is 25.0 Å². The summed E-state index contributed by atoms with van der Waals surface area (Å²) in [6, 6.07) is 8.34. The summed E-state index contributed by atoms with van der Waals surface area (Å²) in [6.07, 6.45) is 1.02. The Kier molecular flexibility index (Phi) is 6.77. The average Bonchev–Trinajstić information content (AvgIpc) is 3.03. The van der Waals surface area contributed by atoms with Crippen molar-refractivity contribution in [3.05, 3.63) is 35.2 Å². The summed E-state index contributed by atoms with van der Waals surface area (Å²) < 4.78 is 0.688. The molecule has 2 aromatic rings. The molecule has 0 bridgehead atoms. The molecule has 128 valence electrons. The highest BCUT2D eigenvalue weighted by Crippen LogP contribution is 2.26. The highest BCUT2D eigenvalue weighted by molar-refractivity contribution is 8.23. The van der Waals surface area contributed by atoms with Gasteiger partial charge in [-0.1, -0.05) is 55.2 Å². The van der Waals surface area contributed by atoms with Gasteiger partial charge in [-0.25, -0.2) is 4.98 Å². The van der Waals surface area contributed by atoms with Crippen molar-refractivity contribution < 1.29 is 4.79 Å². The van der Waals surface area contributed by atoms with Crippen molar-refractivity contribution in [3.63, 3.8) is 0 Å². The minimum Gasteiger partial charge on any atom is -0.364 e. The number of thiazole rings is 1. The van der Waals surface area contributed by atoms with Crippen LogP contribution in [-0.4, -0.2) is 39.5 Å². The Morgan fingerprint density at radius 1 is 1.38 bits per heavy atom. The Bertz CT molecular complexity index is 710. The van der Waals surface area contributed by atoms with Crippen molar-refractivity contribution in [2.24, 2.45) is 0 Å². The number of carbonyl (C=O) groups excluding carboxylic acids is 1.